The van der Waals surface area contributed by atoms with Gasteiger partial charge in [-0.05, 0) is 63.0 Å². The first-order valence-electron chi connectivity index (χ1n) is 9.57. The molecule has 0 radical (unpaired) electrons. The first kappa shape index (κ1) is 21.3. The number of hydrogen-bond donors (Lipinski definition) is 1. The van der Waals surface area contributed by atoms with E-state index in [0.29, 0.717) is 6.54 Å². The van der Waals surface area contributed by atoms with Gasteiger partial charge in [0.1, 0.15) is 0 Å². The van der Waals surface area contributed by atoms with Crippen molar-refractivity contribution in [3.8, 4) is 0 Å². The molecule has 5 heteroatoms. The molecule has 146 valence electrons. The van der Waals surface area contributed by atoms with Gasteiger partial charge in [-0.2, -0.15) is 0 Å². The predicted molar refractivity (Wildman–Crippen MR) is 113 cm³/mol. The minimum Gasteiger partial charge on any atom is -0.481 e. The first-order valence-corrected chi connectivity index (χ1v) is 9.57. The summed E-state index contributed by atoms with van der Waals surface area (Å²) in [5, 5.41) is 9.22. The third-order valence-electron chi connectivity index (χ3n) is 5.10. The molecule has 1 fully saturated rings. The molecule has 1 saturated heterocycles. The quantitative estimate of drug-likeness (QED) is 0.658. The van der Waals surface area contributed by atoms with E-state index in [1.165, 1.54) is 11.4 Å². The number of carboxylic acids is 1. The van der Waals surface area contributed by atoms with Crippen molar-refractivity contribution in [2.75, 3.05) is 31.1 Å². The van der Waals surface area contributed by atoms with Crippen LogP contribution in [-0.4, -0.2) is 42.2 Å². The monoisotopic (exact) mass is 388 g/mol. The number of carboxylic acid groups (broad SMARTS) is 1. The summed E-state index contributed by atoms with van der Waals surface area (Å²) in [4.78, 5) is 15.9. The Morgan fingerprint density at radius 1 is 1.00 bits per heavy atom. The van der Waals surface area contributed by atoms with Crippen molar-refractivity contribution in [2.24, 2.45) is 5.92 Å². The highest BCUT2D eigenvalue weighted by molar-refractivity contribution is 5.85. The topological polar surface area (TPSA) is 43.8 Å². The number of halogens is 1. The van der Waals surface area contributed by atoms with E-state index in [9.17, 15) is 9.90 Å². The molecule has 0 spiro atoms. The number of piperidine rings is 1. The highest BCUT2D eigenvalue weighted by atomic mass is 35.5. The third kappa shape index (κ3) is 6.26. The minimum atomic E-state index is -0.644. The Bertz CT molecular complexity index is 642. The zero-order valence-corrected chi connectivity index (χ0v) is 16.5. The fraction of sp³-hybridized carbons (Fsp3) is 0.409. The van der Waals surface area contributed by atoms with Gasteiger partial charge in [-0.3, -0.25) is 4.79 Å². The Morgan fingerprint density at radius 2 is 1.59 bits per heavy atom. The van der Waals surface area contributed by atoms with Crippen LogP contribution in [0.1, 0.15) is 25.7 Å². The van der Waals surface area contributed by atoms with Crippen molar-refractivity contribution in [1.82, 2.24) is 4.90 Å². The average Bonchev–Trinajstić information content (AvgIpc) is 2.69. The fourth-order valence-electron chi connectivity index (χ4n) is 3.69. The number of rotatable bonds is 8. The second-order valence-electron chi connectivity index (χ2n) is 7.01. The molecule has 0 amide bonds. The maximum absolute atomic E-state index is 11.2. The second kappa shape index (κ2) is 11.0. The molecule has 1 heterocycles. The highest BCUT2D eigenvalue weighted by Crippen LogP contribution is 2.25. The van der Waals surface area contributed by atoms with Crippen LogP contribution in [0.25, 0.3) is 0 Å². The molecule has 27 heavy (non-hydrogen) atoms. The van der Waals surface area contributed by atoms with Gasteiger partial charge in [0.25, 0.3) is 0 Å². The van der Waals surface area contributed by atoms with Gasteiger partial charge in [-0.1, -0.05) is 36.4 Å². The second-order valence-corrected chi connectivity index (χ2v) is 7.01. The molecule has 4 nitrogen and oxygen atoms in total. The number of unbranched alkanes of at least 4 members (excludes halogenated alkanes) is 1. The summed E-state index contributed by atoms with van der Waals surface area (Å²) in [7, 11) is 0. The zero-order valence-electron chi connectivity index (χ0n) is 15.7. The molecular weight excluding hydrogens is 360 g/mol. The Labute approximate surface area is 168 Å². The standard InChI is InChI=1S/C22H28N2O2.ClH/c25-22(26)19-10-9-16-23(18-19)15-7-8-17-24(20-11-3-1-4-12-20)21-13-5-2-6-14-21;/h1-6,11-14,19H,7-10,15-18H2,(H,25,26);1H. The summed E-state index contributed by atoms with van der Waals surface area (Å²) in [5.74, 6) is -0.831. The van der Waals surface area contributed by atoms with Crippen LogP contribution in [0, 0.1) is 5.92 Å². The Balaban J connectivity index is 0.00000261. The van der Waals surface area contributed by atoms with Gasteiger partial charge in [0, 0.05) is 24.5 Å². The molecule has 1 unspecified atom stereocenters. The lowest BCUT2D eigenvalue weighted by Crippen LogP contribution is -2.39. The summed E-state index contributed by atoms with van der Waals surface area (Å²) in [6, 6.07) is 21.0. The predicted octanol–water partition coefficient (Wildman–Crippen LogP) is 4.82. The Hall–Kier alpha value is -2.04. The van der Waals surface area contributed by atoms with Crippen LogP contribution < -0.4 is 4.90 Å². The van der Waals surface area contributed by atoms with Crippen LogP contribution in [0.15, 0.2) is 60.7 Å². The molecule has 0 saturated carbocycles. The van der Waals surface area contributed by atoms with Crippen molar-refractivity contribution in [3.63, 3.8) is 0 Å². The SMILES string of the molecule is Cl.O=C(O)C1CCCN(CCCCN(c2ccccc2)c2ccccc2)C1. The maximum atomic E-state index is 11.2. The van der Waals surface area contributed by atoms with E-state index >= 15 is 0 Å². The van der Waals surface area contributed by atoms with E-state index in [2.05, 4.69) is 58.3 Å². The molecular formula is C22H29ClN2O2. The van der Waals surface area contributed by atoms with Crippen molar-refractivity contribution >= 4 is 29.8 Å². The first-order chi connectivity index (χ1) is 12.7. The molecule has 0 aromatic heterocycles. The normalized spacial score (nSPS) is 17.1. The molecule has 0 aliphatic carbocycles. The van der Waals surface area contributed by atoms with Crippen LogP contribution in [0.4, 0.5) is 11.4 Å². The molecule has 1 aliphatic heterocycles. The number of likely N-dealkylation sites (tertiary alicyclic amines) is 1. The molecule has 1 N–H and O–H groups in total. The van der Waals surface area contributed by atoms with Crippen molar-refractivity contribution in [3.05, 3.63) is 60.7 Å². The summed E-state index contributed by atoms with van der Waals surface area (Å²) in [6.07, 6.45) is 3.99. The van der Waals surface area contributed by atoms with Crippen LogP contribution in [0.2, 0.25) is 0 Å². The largest absolute Gasteiger partial charge is 0.481 e. The average molecular weight is 389 g/mol. The van der Waals surface area contributed by atoms with E-state index in [1.807, 2.05) is 12.1 Å². The van der Waals surface area contributed by atoms with Crippen molar-refractivity contribution in [1.29, 1.82) is 0 Å². The summed E-state index contributed by atoms with van der Waals surface area (Å²) in [5.41, 5.74) is 2.42. The Kier molecular flexibility index (Phi) is 8.62. The molecule has 2 aromatic rings. The van der Waals surface area contributed by atoms with Gasteiger partial charge in [0.15, 0.2) is 0 Å². The summed E-state index contributed by atoms with van der Waals surface area (Å²) in [6.45, 7) is 3.69. The van der Waals surface area contributed by atoms with E-state index in [1.54, 1.807) is 0 Å². The van der Waals surface area contributed by atoms with Gasteiger partial charge in [-0.15, -0.1) is 12.4 Å². The number of anilines is 2. The molecule has 3 rings (SSSR count). The Morgan fingerprint density at radius 3 is 2.15 bits per heavy atom. The summed E-state index contributed by atoms with van der Waals surface area (Å²) >= 11 is 0. The zero-order chi connectivity index (χ0) is 18.2. The van der Waals surface area contributed by atoms with E-state index in [0.717, 1.165) is 45.3 Å². The third-order valence-corrected chi connectivity index (χ3v) is 5.10. The highest BCUT2D eigenvalue weighted by Gasteiger charge is 2.24. The van der Waals surface area contributed by atoms with E-state index in [4.69, 9.17) is 0 Å². The lowest BCUT2D eigenvalue weighted by Gasteiger charge is -2.31. The van der Waals surface area contributed by atoms with E-state index in [-0.39, 0.29) is 18.3 Å². The van der Waals surface area contributed by atoms with Gasteiger partial charge in [0.05, 0.1) is 5.92 Å². The number of carbonyl (C=O) groups is 1. The number of para-hydroxylation sites is 2. The smallest absolute Gasteiger partial charge is 0.307 e. The molecule has 1 aliphatic rings. The maximum Gasteiger partial charge on any atom is 0.307 e. The number of aliphatic carboxylic acids is 1. The van der Waals surface area contributed by atoms with Crippen molar-refractivity contribution in [2.45, 2.75) is 25.7 Å². The van der Waals surface area contributed by atoms with Gasteiger partial charge in [-0.25, -0.2) is 0 Å². The lowest BCUT2D eigenvalue weighted by molar-refractivity contribution is -0.143. The van der Waals surface area contributed by atoms with Crippen LogP contribution in [0.5, 0.6) is 0 Å². The number of hydrogen-bond acceptors (Lipinski definition) is 3. The minimum absolute atomic E-state index is 0. The lowest BCUT2D eigenvalue weighted by atomic mass is 9.98. The van der Waals surface area contributed by atoms with Crippen LogP contribution in [0.3, 0.4) is 0 Å². The van der Waals surface area contributed by atoms with Gasteiger partial charge < -0.3 is 14.9 Å². The van der Waals surface area contributed by atoms with Crippen molar-refractivity contribution < 1.29 is 9.90 Å². The molecule has 0 bridgehead atoms. The summed E-state index contributed by atoms with van der Waals surface area (Å²) < 4.78 is 0. The fourth-order valence-corrected chi connectivity index (χ4v) is 3.69. The van der Waals surface area contributed by atoms with E-state index < -0.39 is 5.97 Å². The van der Waals surface area contributed by atoms with Gasteiger partial charge in [0.2, 0.25) is 0 Å². The molecule has 2 aromatic carbocycles. The van der Waals surface area contributed by atoms with Gasteiger partial charge >= 0.3 is 5.97 Å². The number of benzene rings is 2. The van der Waals surface area contributed by atoms with Crippen LogP contribution >= 0.6 is 12.4 Å². The number of nitrogens with zero attached hydrogens (tertiary/aromatic N) is 2. The molecule has 1 atom stereocenters. The van der Waals surface area contributed by atoms with Crippen LogP contribution in [-0.2, 0) is 4.79 Å².